The van der Waals surface area contributed by atoms with Gasteiger partial charge in [0.15, 0.2) is 11.5 Å². The minimum absolute atomic E-state index is 0.00759. The quantitative estimate of drug-likeness (QED) is 0.814. The molecule has 3 aliphatic heterocycles. The topological polar surface area (TPSA) is 67.9 Å². The molecule has 29 heavy (non-hydrogen) atoms. The Labute approximate surface area is 171 Å². The van der Waals surface area contributed by atoms with Crippen LogP contribution in [-0.4, -0.2) is 38.2 Å². The Balaban J connectivity index is 1.26. The summed E-state index contributed by atoms with van der Waals surface area (Å²) in [6, 6.07) is 14.0. The number of fused-ring (bicyclic) bond motifs is 3. The average molecular weight is 415 g/mol. The van der Waals surface area contributed by atoms with Gasteiger partial charge in [0.05, 0.1) is 4.90 Å². The number of nitrogens with zero attached hydrogens (tertiary/aromatic N) is 1. The van der Waals surface area contributed by atoms with Crippen molar-refractivity contribution in [3.05, 3.63) is 53.6 Å². The van der Waals surface area contributed by atoms with Crippen molar-refractivity contribution in [1.29, 1.82) is 0 Å². The van der Waals surface area contributed by atoms with Gasteiger partial charge in [-0.3, -0.25) is 4.90 Å². The summed E-state index contributed by atoms with van der Waals surface area (Å²) in [7, 11) is -3.48. The standard InChI is InChI=1S/C22H26N2O4S/c1-15-2-7-20(8-3-15)29(25,26)23-17-11-18-5-6-19(12-17)24(18)13-16-4-9-21-22(10-16)28-14-27-21/h2-4,7-10,17-19,23H,5-6,11-14H2,1H3. The monoisotopic (exact) mass is 414 g/mol. The zero-order valence-electron chi connectivity index (χ0n) is 16.5. The number of rotatable bonds is 5. The van der Waals surface area contributed by atoms with Crippen molar-refractivity contribution >= 4 is 10.0 Å². The van der Waals surface area contributed by atoms with Crippen molar-refractivity contribution in [1.82, 2.24) is 9.62 Å². The number of hydrogen-bond acceptors (Lipinski definition) is 5. The number of sulfonamides is 1. The Bertz CT molecular complexity index is 992. The first-order chi connectivity index (χ1) is 14.0. The lowest BCUT2D eigenvalue weighted by Gasteiger charge is -2.39. The van der Waals surface area contributed by atoms with Gasteiger partial charge in [-0.2, -0.15) is 0 Å². The molecule has 0 spiro atoms. The summed E-state index contributed by atoms with van der Waals surface area (Å²) in [6.07, 6.45) is 3.95. The van der Waals surface area contributed by atoms with E-state index in [0.29, 0.717) is 17.0 Å². The Morgan fingerprint density at radius 3 is 2.41 bits per heavy atom. The van der Waals surface area contributed by atoms with E-state index in [-0.39, 0.29) is 12.8 Å². The molecule has 0 aliphatic carbocycles. The predicted molar refractivity (Wildman–Crippen MR) is 109 cm³/mol. The molecule has 2 unspecified atom stereocenters. The number of piperidine rings is 1. The molecule has 2 atom stereocenters. The second-order valence-corrected chi connectivity index (χ2v) is 10.1. The van der Waals surface area contributed by atoms with E-state index in [1.54, 1.807) is 12.1 Å². The molecule has 1 N–H and O–H groups in total. The first-order valence-corrected chi connectivity index (χ1v) is 11.7. The Hall–Kier alpha value is -2.09. The van der Waals surface area contributed by atoms with E-state index in [2.05, 4.69) is 21.8 Å². The Kier molecular flexibility index (Phi) is 4.76. The van der Waals surface area contributed by atoms with Gasteiger partial charge < -0.3 is 9.47 Å². The molecule has 0 radical (unpaired) electrons. The fraction of sp³-hybridized carbons (Fsp3) is 0.455. The number of nitrogens with one attached hydrogen (secondary N) is 1. The molecular formula is C22H26N2O4S. The van der Waals surface area contributed by atoms with E-state index < -0.39 is 10.0 Å². The molecule has 2 fully saturated rings. The van der Waals surface area contributed by atoms with Crippen molar-refractivity contribution in [3.63, 3.8) is 0 Å². The first kappa shape index (κ1) is 18.9. The van der Waals surface area contributed by atoms with Crippen LogP contribution in [0, 0.1) is 6.92 Å². The van der Waals surface area contributed by atoms with E-state index in [1.807, 2.05) is 25.1 Å². The van der Waals surface area contributed by atoms with Gasteiger partial charge in [0.25, 0.3) is 0 Å². The van der Waals surface area contributed by atoms with Crippen LogP contribution in [0.5, 0.6) is 11.5 Å². The molecule has 3 aliphatic rings. The van der Waals surface area contributed by atoms with Crippen LogP contribution in [0.2, 0.25) is 0 Å². The number of benzene rings is 2. The number of aryl methyl sites for hydroxylation is 1. The minimum atomic E-state index is -3.48. The van der Waals surface area contributed by atoms with Crippen LogP contribution in [0.4, 0.5) is 0 Å². The molecule has 3 heterocycles. The summed E-state index contributed by atoms with van der Waals surface area (Å²) < 4.78 is 39.4. The van der Waals surface area contributed by atoms with E-state index >= 15 is 0 Å². The molecule has 5 rings (SSSR count). The Morgan fingerprint density at radius 2 is 1.69 bits per heavy atom. The summed E-state index contributed by atoms with van der Waals surface area (Å²) >= 11 is 0. The van der Waals surface area contributed by atoms with Crippen molar-refractivity contribution in [2.45, 2.75) is 62.2 Å². The van der Waals surface area contributed by atoms with Crippen LogP contribution in [-0.2, 0) is 16.6 Å². The van der Waals surface area contributed by atoms with E-state index in [0.717, 1.165) is 49.3 Å². The van der Waals surface area contributed by atoms with Crippen LogP contribution >= 0.6 is 0 Å². The zero-order chi connectivity index (χ0) is 20.0. The maximum Gasteiger partial charge on any atom is 0.240 e. The lowest BCUT2D eigenvalue weighted by Crippen LogP contribution is -2.49. The van der Waals surface area contributed by atoms with E-state index in [9.17, 15) is 8.42 Å². The summed E-state index contributed by atoms with van der Waals surface area (Å²) in [4.78, 5) is 2.88. The summed E-state index contributed by atoms with van der Waals surface area (Å²) in [5, 5.41) is 0. The average Bonchev–Trinajstić information content (AvgIpc) is 3.23. The van der Waals surface area contributed by atoms with Gasteiger partial charge in [-0.05, 0) is 62.4 Å². The fourth-order valence-corrected chi connectivity index (χ4v) is 6.15. The van der Waals surface area contributed by atoms with Gasteiger partial charge in [-0.1, -0.05) is 23.8 Å². The second-order valence-electron chi connectivity index (χ2n) is 8.35. The van der Waals surface area contributed by atoms with Crippen LogP contribution in [0.3, 0.4) is 0 Å². The van der Waals surface area contributed by atoms with Crippen molar-refractivity contribution in [2.75, 3.05) is 6.79 Å². The fourth-order valence-electron chi connectivity index (χ4n) is 4.88. The van der Waals surface area contributed by atoms with Crippen LogP contribution < -0.4 is 14.2 Å². The first-order valence-electron chi connectivity index (χ1n) is 10.2. The third-order valence-electron chi connectivity index (χ3n) is 6.34. The molecule has 2 saturated heterocycles. The van der Waals surface area contributed by atoms with Crippen LogP contribution in [0.15, 0.2) is 47.4 Å². The maximum atomic E-state index is 12.8. The minimum Gasteiger partial charge on any atom is -0.454 e. The molecule has 154 valence electrons. The predicted octanol–water partition coefficient (Wildman–Crippen LogP) is 3.20. The smallest absolute Gasteiger partial charge is 0.240 e. The largest absolute Gasteiger partial charge is 0.454 e. The van der Waals surface area contributed by atoms with Gasteiger partial charge in [-0.25, -0.2) is 13.1 Å². The van der Waals surface area contributed by atoms with Crippen molar-refractivity contribution in [3.8, 4) is 11.5 Å². The molecule has 2 aromatic rings. The second kappa shape index (κ2) is 7.31. The summed E-state index contributed by atoms with van der Waals surface area (Å²) in [5.41, 5.74) is 2.27. The number of ether oxygens (including phenoxy) is 2. The number of hydrogen-bond donors (Lipinski definition) is 1. The normalized spacial score (nSPS) is 26.0. The molecular weight excluding hydrogens is 388 g/mol. The highest BCUT2D eigenvalue weighted by atomic mass is 32.2. The highest BCUT2D eigenvalue weighted by Crippen LogP contribution is 2.39. The maximum absolute atomic E-state index is 12.8. The summed E-state index contributed by atoms with van der Waals surface area (Å²) in [5.74, 6) is 1.62. The van der Waals surface area contributed by atoms with Gasteiger partial charge in [0.2, 0.25) is 16.8 Å². The van der Waals surface area contributed by atoms with Gasteiger partial charge in [0, 0.05) is 24.7 Å². The molecule has 2 aromatic carbocycles. The molecule has 0 amide bonds. The molecule has 0 aromatic heterocycles. The molecule has 0 saturated carbocycles. The van der Waals surface area contributed by atoms with E-state index in [4.69, 9.17) is 9.47 Å². The highest BCUT2D eigenvalue weighted by Gasteiger charge is 2.41. The van der Waals surface area contributed by atoms with Crippen molar-refractivity contribution in [2.24, 2.45) is 0 Å². The highest BCUT2D eigenvalue weighted by molar-refractivity contribution is 7.89. The third-order valence-corrected chi connectivity index (χ3v) is 7.88. The lowest BCUT2D eigenvalue weighted by atomic mass is 9.97. The van der Waals surface area contributed by atoms with Crippen LogP contribution in [0.25, 0.3) is 0 Å². The molecule has 6 nitrogen and oxygen atoms in total. The lowest BCUT2D eigenvalue weighted by molar-refractivity contribution is 0.115. The van der Waals surface area contributed by atoms with Crippen molar-refractivity contribution < 1.29 is 17.9 Å². The van der Waals surface area contributed by atoms with Gasteiger partial charge in [-0.15, -0.1) is 0 Å². The molecule has 2 bridgehead atoms. The van der Waals surface area contributed by atoms with E-state index in [1.165, 1.54) is 5.56 Å². The van der Waals surface area contributed by atoms with Gasteiger partial charge in [0.1, 0.15) is 0 Å². The van der Waals surface area contributed by atoms with Gasteiger partial charge >= 0.3 is 0 Å². The summed E-state index contributed by atoms with van der Waals surface area (Å²) in [6.45, 7) is 3.11. The Morgan fingerprint density at radius 1 is 1.00 bits per heavy atom. The zero-order valence-corrected chi connectivity index (χ0v) is 17.3. The SMILES string of the molecule is Cc1ccc(S(=O)(=O)NC2CC3CCC(C2)N3Cc2ccc3c(c2)OCO3)cc1. The third kappa shape index (κ3) is 3.74. The van der Waals surface area contributed by atoms with Crippen LogP contribution in [0.1, 0.15) is 36.8 Å². The molecule has 7 heteroatoms.